The normalized spacial score (nSPS) is 40.5. The van der Waals surface area contributed by atoms with E-state index >= 15 is 0 Å². The van der Waals surface area contributed by atoms with Crippen molar-refractivity contribution in [2.45, 2.75) is 39.5 Å². The molecule has 2 fully saturated rings. The van der Waals surface area contributed by atoms with Crippen LogP contribution in [0.5, 0.6) is 0 Å². The summed E-state index contributed by atoms with van der Waals surface area (Å²) in [6, 6.07) is 0. The summed E-state index contributed by atoms with van der Waals surface area (Å²) in [5.74, 6) is 2.00. The first kappa shape index (κ1) is 8.55. The summed E-state index contributed by atoms with van der Waals surface area (Å²) in [5.41, 5.74) is 0.630. The van der Waals surface area contributed by atoms with Gasteiger partial charge in [0.05, 0.1) is 0 Å². The van der Waals surface area contributed by atoms with Gasteiger partial charge in [-0.1, -0.05) is 20.3 Å². The van der Waals surface area contributed by atoms with Crippen LogP contribution in [0.2, 0.25) is 0 Å². The molecular formula is C11H21N. The fraction of sp³-hybridized carbons (Fsp3) is 1.00. The van der Waals surface area contributed by atoms with Crippen LogP contribution in [0.1, 0.15) is 39.5 Å². The quantitative estimate of drug-likeness (QED) is 0.584. The predicted octanol–water partition coefficient (Wildman–Crippen LogP) is 2.42. The molecule has 70 valence electrons. The van der Waals surface area contributed by atoms with Crippen LogP contribution in [0.15, 0.2) is 0 Å². The van der Waals surface area contributed by atoms with Gasteiger partial charge in [0, 0.05) is 0 Å². The lowest BCUT2D eigenvalue weighted by Crippen LogP contribution is -2.45. The van der Waals surface area contributed by atoms with Gasteiger partial charge < -0.3 is 5.32 Å². The number of nitrogens with one attached hydrogen (secondary N) is 1. The molecule has 0 radical (unpaired) electrons. The van der Waals surface area contributed by atoms with Crippen molar-refractivity contribution in [3.8, 4) is 0 Å². The van der Waals surface area contributed by atoms with E-state index in [1.807, 2.05) is 0 Å². The van der Waals surface area contributed by atoms with E-state index in [-0.39, 0.29) is 0 Å². The van der Waals surface area contributed by atoms with Crippen LogP contribution in [-0.4, -0.2) is 13.1 Å². The number of hydrogen-bond donors (Lipinski definition) is 1. The van der Waals surface area contributed by atoms with Gasteiger partial charge in [0.15, 0.2) is 0 Å². The fourth-order valence-electron chi connectivity index (χ4n) is 3.26. The Kier molecular flexibility index (Phi) is 2.16. The molecule has 0 aromatic carbocycles. The van der Waals surface area contributed by atoms with Crippen molar-refractivity contribution >= 4 is 0 Å². The minimum atomic E-state index is 0.630. The van der Waals surface area contributed by atoms with Crippen LogP contribution in [0.4, 0.5) is 0 Å². The monoisotopic (exact) mass is 167 g/mol. The van der Waals surface area contributed by atoms with Crippen LogP contribution in [-0.2, 0) is 0 Å². The van der Waals surface area contributed by atoms with Gasteiger partial charge in [0.2, 0.25) is 0 Å². The van der Waals surface area contributed by atoms with E-state index in [1.54, 1.807) is 0 Å². The Morgan fingerprint density at radius 2 is 2.08 bits per heavy atom. The summed E-state index contributed by atoms with van der Waals surface area (Å²) >= 11 is 0. The van der Waals surface area contributed by atoms with Crippen LogP contribution >= 0.6 is 0 Å². The van der Waals surface area contributed by atoms with E-state index in [0.717, 1.165) is 11.8 Å². The zero-order chi connectivity index (χ0) is 8.60. The highest BCUT2D eigenvalue weighted by Gasteiger charge is 2.39. The summed E-state index contributed by atoms with van der Waals surface area (Å²) in [6.45, 7) is 7.48. The standard InChI is InChI=1S/C11H21N/c1-11(2)6-3-4-9-8-12-7-5-10(9)11/h9-10,12H,3-8H2,1-2H3/t9-,10+/m1/s1. The van der Waals surface area contributed by atoms with Crippen molar-refractivity contribution in [2.75, 3.05) is 13.1 Å². The molecule has 2 atom stereocenters. The Morgan fingerprint density at radius 1 is 1.25 bits per heavy atom. The van der Waals surface area contributed by atoms with Crippen LogP contribution < -0.4 is 5.32 Å². The molecule has 0 aromatic heterocycles. The van der Waals surface area contributed by atoms with Gasteiger partial charge in [-0.05, 0) is 49.6 Å². The molecule has 1 heteroatoms. The van der Waals surface area contributed by atoms with E-state index < -0.39 is 0 Å². The van der Waals surface area contributed by atoms with Gasteiger partial charge in [-0.2, -0.15) is 0 Å². The van der Waals surface area contributed by atoms with Gasteiger partial charge in [-0.15, -0.1) is 0 Å². The van der Waals surface area contributed by atoms with Crippen molar-refractivity contribution in [3.63, 3.8) is 0 Å². The number of fused-ring (bicyclic) bond motifs is 1. The van der Waals surface area contributed by atoms with E-state index in [9.17, 15) is 0 Å². The van der Waals surface area contributed by atoms with Gasteiger partial charge in [-0.3, -0.25) is 0 Å². The van der Waals surface area contributed by atoms with Crippen molar-refractivity contribution in [2.24, 2.45) is 17.3 Å². The molecule has 1 nitrogen and oxygen atoms in total. The van der Waals surface area contributed by atoms with Crippen molar-refractivity contribution in [1.82, 2.24) is 5.32 Å². The number of rotatable bonds is 0. The van der Waals surface area contributed by atoms with Crippen molar-refractivity contribution < 1.29 is 0 Å². The molecule has 2 rings (SSSR count). The minimum absolute atomic E-state index is 0.630. The largest absolute Gasteiger partial charge is 0.316 e. The maximum atomic E-state index is 3.52. The lowest BCUT2D eigenvalue weighted by Gasteiger charge is -2.47. The molecule has 2 aliphatic rings. The summed E-state index contributed by atoms with van der Waals surface area (Å²) in [7, 11) is 0. The highest BCUT2D eigenvalue weighted by molar-refractivity contribution is 4.91. The number of hydrogen-bond acceptors (Lipinski definition) is 1. The molecule has 12 heavy (non-hydrogen) atoms. The van der Waals surface area contributed by atoms with Gasteiger partial charge in [0.25, 0.3) is 0 Å². The third kappa shape index (κ3) is 1.39. The topological polar surface area (TPSA) is 12.0 Å². The molecule has 0 bridgehead atoms. The molecule has 1 N–H and O–H groups in total. The molecule has 0 aromatic rings. The minimum Gasteiger partial charge on any atom is -0.316 e. The van der Waals surface area contributed by atoms with E-state index in [0.29, 0.717) is 5.41 Å². The first-order chi connectivity index (χ1) is 5.70. The molecular weight excluding hydrogens is 146 g/mol. The third-order valence-corrected chi connectivity index (χ3v) is 4.01. The van der Waals surface area contributed by atoms with Gasteiger partial charge in [-0.25, -0.2) is 0 Å². The SMILES string of the molecule is CC1(C)CCC[C@@H]2CNCC[C@@H]21. The Balaban J connectivity index is 2.09. The van der Waals surface area contributed by atoms with Crippen LogP contribution in [0.25, 0.3) is 0 Å². The van der Waals surface area contributed by atoms with Crippen molar-refractivity contribution in [1.29, 1.82) is 0 Å². The smallest absolute Gasteiger partial charge is 0.00177 e. The second kappa shape index (κ2) is 3.02. The predicted molar refractivity (Wildman–Crippen MR) is 52.1 cm³/mol. The lowest BCUT2D eigenvalue weighted by atomic mass is 9.61. The molecule has 0 amide bonds. The van der Waals surface area contributed by atoms with Crippen LogP contribution in [0, 0.1) is 17.3 Å². The Morgan fingerprint density at radius 3 is 2.83 bits per heavy atom. The molecule has 1 aliphatic carbocycles. The molecule has 0 unspecified atom stereocenters. The first-order valence-corrected chi connectivity index (χ1v) is 5.41. The molecule has 1 aliphatic heterocycles. The summed E-state index contributed by atoms with van der Waals surface area (Å²) in [6.07, 6.45) is 5.79. The zero-order valence-corrected chi connectivity index (χ0v) is 8.40. The maximum Gasteiger partial charge on any atom is -0.00177 e. The van der Waals surface area contributed by atoms with Gasteiger partial charge in [0.1, 0.15) is 0 Å². The maximum absolute atomic E-state index is 3.52. The molecule has 1 saturated heterocycles. The highest BCUT2D eigenvalue weighted by Crippen LogP contribution is 2.46. The third-order valence-electron chi connectivity index (χ3n) is 4.01. The first-order valence-electron chi connectivity index (χ1n) is 5.41. The second-order valence-corrected chi connectivity index (χ2v) is 5.24. The summed E-state index contributed by atoms with van der Waals surface area (Å²) < 4.78 is 0. The summed E-state index contributed by atoms with van der Waals surface area (Å²) in [4.78, 5) is 0. The zero-order valence-electron chi connectivity index (χ0n) is 8.40. The Hall–Kier alpha value is -0.0400. The van der Waals surface area contributed by atoms with E-state index in [1.165, 1.54) is 38.8 Å². The molecule has 0 spiro atoms. The fourth-order valence-corrected chi connectivity index (χ4v) is 3.26. The van der Waals surface area contributed by atoms with Crippen LogP contribution in [0.3, 0.4) is 0 Å². The number of piperidine rings is 1. The average molecular weight is 167 g/mol. The highest BCUT2D eigenvalue weighted by atomic mass is 14.9. The summed E-state index contributed by atoms with van der Waals surface area (Å²) in [5, 5.41) is 3.52. The molecule has 1 heterocycles. The van der Waals surface area contributed by atoms with E-state index in [4.69, 9.17) is 0 Å². The van der Waals surface area contributed by atoms with E-state index in [2.05, 4.69) is 19.2 Å². The Bertz CT molecular complexity index is 160. The lowest BCUT2D eigenvalue weighted by molar-refractivity contribution is 0.0493. The Labute approximate surface area is 75.9 Å². The average Bonchev–Trinajstić information content (AvgIpc) is 2.04. The second-order valence-electron chi connectivity index (χ2n) is 5.24. The molecule has 1 saturated carbocycles. The van der Waals surface area contributed by atoms with Crippen molar-refractivity contribution in [3.05, 3.63) is 0 Å². The van der Waals surface area contributed by atoms with Gasteiger partial charge >= 0.3 is 0 Å².